The molecule has 0 saturated heterocycles. The average molecular weight is 368 g/mol. The van der Waals surface area contributed by atoms with Crippen molar-refractivity contribution in [2.24, 2.45) is 0 Å². The predicted molar refractivity (Wildman–Crippen MR) is 78.6 cm³/mol. The molecular weight excluding hydrogens is 360 g/mol. The van der Waals surface area contributed by atoms with Gasteiger partial charge in [0, 0.05) is 10.8 Å². The van der Waals surface area contributed by atoms with Crippen LogP contribution < -0.4 is 18.9 Å². The highest BCUT2D eigenvalue weighted by Gasteiger charge is 2.22. The van der Waals surface area contributed by atoms with Crippen molar-refractivity contribution in [2.45, 2.75) is 0 Å². The summed E-state index contributed by atoms with van der Waals surface area (Å²) in [5.41, 5.74) is 0. The lowest BCUT2D eigenvalue weighted by molar-refractivity contribution is 0.132. The molecule has 4 N–H and O–H groups in total. The van der Waals surface area contributed by atoms with Crippen LogP contribution in [0.1, 0.15) is 0 Å². The van der Waals surface area contributed by atoms with E-state index in [0.717, 1.165) is 24.3 Å². The Morgan fingerprint density at radius 1 is 0.538 bits per heavy atom. The maximum Gasteiger partial charge on any atom is 0.511 e. The second kappa shape index (κ2) is 7.12. The van der Waals surface area contributed by atoms with Gasteiger partial charge in [0.25, 0.3) is 0 Å². The first-order valence-electron chi connectivity index (χ1n) is 6.42. The number of hydrogen-bond donors (Lipinski definition) is 4. The third-order valence-electron chi connectivity index (χ3n) is 2.80. The zero-order valence-corrected chi connectivity index (χ0v) is 12.4. The minimum absolute atomic E-state index is 0.139. The van der Waals surface area contributed by atoms with E-state index >= 15 is 0 Å². The SMILES string of the molecule is O=C(O)Oc1ccc2c(OC(=O)O)c(OC(=O)O)ccc2c1OC(=O)O. The van der Waals surface area contributed by atoms with Crippen LogP contribution in [0, 0.1) is 0 Å². The number of fused-ring (bicyclic) bond motifs is 1. The number of benzene rings is 2. The summed E-state index contributed by atoms with van der Waals surface area (Å²) in [7, 11) is 0. The quantitative estimate of drug-likeness (QED) is 0.457. The lowest BCUT2D eigenvalue weighted by Crippen LogP contribution is -2.11. The molecule has 0 fully saturated rings. The van der Waals surface area contributed by atoms with Crippen LogP contribution in [0.2, 0.25) is 0 Å². The number of ether oxygens (including phenoxy) is 4. The third-order valence-corrected chi connectivity index (χ3v) is 2.80. The van der Waals surface area contributed by atoms with E-state index in [-0.39, 0.29) is 10.8 Å². The standard InChI is InChI=1S/C14H8O12/c15-11(16)23-7-3-1-5-6(10(7)26-14(21)22)2-4-8(24-12(17)18)9(5)25-13(19)20/h1-4H,(H,15,16)(H,17,18)(H,19,20)(H,21,22). The van der Waals surface area contributed by atoms with Crippen molar-refractivity contribution in [3.8, 4) is 23.0 Å². The van der Waals surface area contributed by atoms with Gasteiger partial charge in [-0.3, -0.25) is 0 Å². The molecule has 2 aromatic rings. The summed E-state index contributed by atoms with van der Waals surface area (Å²) in [4.78, 5) is 43.2. The summed E-state index contributed by atoms with van der Waals surface area (Å²) < 4.78 is 17.8. The summed E-state index contributed by atoms with van der Waals surface area (Å²) in [6, 6.07) is 4.15. The van der Waals surface area contributed by atoms with Crippen LogP contribution in [0.5, 0.6) is 23.0 Å². The molecule has 0 radical (unpaired) electrons. The van der Waals surface area contributed by atoms with E-state index in [0.29, 0.717) is 0 Å². The summed E-state index contributed by atoms with van der Waals surface area (Å²) in [6.45, 7) is 0. The smallest absolute Gasteiger partial charge is 0.449 e. The predicted octanol–water partition coefficient (Wildman–Crippen LogP) is 3.07. The Morgan fingerprint density at radius 2 is 0.846 bits per heavy atom. The van der Waals surface area contributed by atoms with Crippen LogP contribution in [0.3, 0.4) is 0 Å². The maximum atomic E-state index is 10.9. The van der Waals surface area contributed by atoms with E-state index in [4.69, 9.17) is 20.4 Å². The van der Waals surface area contributed by atoms with Gasteiger partial charge in [-0.1, -0.05) is 0 Å². The van der Waals surface area contributed by atoms with Crippen LogP contribution >= 0.6 is 0 Å². The highest BCUT2D eigenvalue weighted by molar-refractivity contribution is 5.99. The van der Waals surface area contributed by atoms with Gasteiger partial charge in [0.2, 0.25) is 0 Å². The topological polar surface area (TPSA) is 186 Å². The summed E-state index contributed by atoms with van der Waals surface area (Å²) in [5.74, 6) is -2.15. The molecular formula is C14H8O12. The molecule has 0 amide bonds. The zero-order chi connectivity index (χ0) is 19.4. The molecule has 0 aliphatic rings. The molecule has 0 heterocycles. The van der Waals surface area contributed by atoms with Gasteiger partial charge in [-0.2, -0.15) is 0 Å². The van der Waals surface area contributed by atoms with Gasteiger partial charge in [-0.15, -0.1) is 0 Å². The van der Waals surface area contributed by atoms with E-state index < -0.39 is 47.6 Å². The molecule has 0 aliphatic heterocycles. The van der Waals surface area contributed by atoms with Crippen LogP contribution in [-0.4, -0.2) is 45.0 Å². The molecule has 136 valence electrons. The summed E-state index contributed by atoms with van der Waals surface area (Å²) in [5, 5.41) is 34.8. The van der Waals surface area contributed by atoms with Crippen molar-refractivity contribution in [3.63, 3.8) is 0 Å². The Balaban J connectivity index is 2.77. The first kappa shape index (κ1) is 18.1. The zero-order valence-electron chi connectivity index (χ0n) is 12.4. The van der Waals surface area contributed by atoms with Gasteiger partial charge in [0.05, 0.1) is 0 Å². The molecule has 2 rings (SSSR count). The molecule has 0 bridgehead atoms. The number of carbonyl (C=O) groups is 4. The highest BCUT2D eigenvalue weighted by Crippen LogP contribution is 2.43. The number of hydrogen-bond acceptors (Lipinski definition) is 8. The fourth-order valence-electron chi connectivity index (χ4n) is 2.04. The number of rotatable bonds is 4. The second-order valence-corrected chi connectivity index (χ2v) is 4.35. The molecule has 0 unspecified atom stereocenters. The second-order valence-electron chi connectivity index (χ2n) is 4.35. The van der Waals surface area contributed by atoms with E-state index in [1.165, 1.54) is 0 Å². The molecule has 0 atom stereocenters. The Morgan fingerprint density at radius 3 is 1.12 bits per heavy atom. The summed E-state index contributed by atoms with van der Waals surface area (Å²) >= 11 is 0. The molecule has 0 aliphatic carbocycles. The van der Waals surface area contributed by atoms with Gasteiger partial charge < -0.3 is 39.4 Å². The Labute approximate surface area is 142 Å². The van der Waals surface area contributed by atoms with Crippen LogP contribution in [0.15, 0.2) is 24.3 Å². The van der Waals surface area contributed by atoms with Crippen molar-refractivity contribution in [1.29, 1.82) is 0 Å². The lowest BCUT2D eigenvalue weighted by atomic mass is 10.1. The van der Waals surface area contributed by atoms with Crippen molar-refractivity contribution in [2.75, 3.05) is 0 Å². The Bertz CT molecular complexity index is 841. The largest absolute Gasteiger partial charge is 0.511 e. The first-order chi connectivity index (χ1) is 12.2. The van der Waals surface area contributed by atoms with E-state index in [1.807, 2.05) is 0 Å². The molecule has 0 aromatic heterocycles. The molecule has 26 heavy (non-hydrogen) atoms. The fourth-order valence-corrected chi connectivity index (χ4v) is 2.04. The van der Waals surface area contributed by atoms with Crippen molar-refractivity contribution in [3.05, 3.63) is 24.3 Å². The van der Waals surface area contributed by atoms with Crippen molar-refractivity contribution in [1.82, 2.24) is 0 Å². The molecule has 0 spiro atoms. The number of carboxylic acid groups (broad SMARTS) is 4. The van der Waals surface area contributed by atoms with Gasteiger partial charge in [-0.25, -0.2) is 19.2 Å². The maximum absolute atomic E-state index is 10.9. The van der Waals surface area contributed by atoms with Crippen LogP contribution in [0.25, 0.3) is 10.8 Å². The van der Waals surface area contributed by atoms with Crippen LogP contribution in [-0.2, 0) is 0 Å². The molecule has 12 heteroatoms. The minimum Gasteiger partial charge on any atom is -0.449 e. The molecule has 2 aromatic carbocycles. The average Bonchev–Trinajstić information content (AvgIpc) is 2.50. The monoisotopic (exact) mass is 368 g/mol. The summed E-state index contributed by atoms with van der Waals surface area (Å²) in [6.07, 6.45) is -7.13. The Hall–Kier alpha value is -4.22. The minimum atomic E-state index is -1.81. The third kappa shape index (κ3) is 4.00. The molecule has 0 saturated carbocycles. The first-order valence-corrected chi connectivity index (χ1v) is 6.42. The van der Waals surface area contributed by atoms with Gasteiger partial charge in [0.15, 0.2) is 23.0 Å². The van der Waals surface area contributed by atoms with Gasteiger partial charge in [0.1, 0.15) is 0 Å². The highest BCUT2D eigenvalue weighted by atomic mass is 16.7. The lowest BCUT2D eigenvalue weighted by Gasteiger charge is -2.14. The van der Waals surface area contributed by atoms with Gasteiger partial charge in [-0.05, 0) is 24.3 Å². The van der Waals surface area contributed by atoms with Gasteiger partial charge >= 0.3 is 24.6 Å². The van der Waals surface area contributed by atoms with Crippen molar-refractivity contribution >= 4 is 35.4 Å². The molecule has 12 nitrogen and oxygen atoms in total. The van der Waals surface area contributed by atoms with E-state index in [9.17, 15) is 19.2 Å². The fraction of sp³-hybridized carbons (Fsp3) is 0. The normalized spacial score (nSPS) is 10.0. The van der Waals surface area contributed by atoms with Crippen LogP contribution in [0.4, 0.5) is 19.2 Å². The van der Waals surface area contributed by atoms with Crippen molar-refractivity contribution < 1.29 is 58.6 Å². The van der Waals surface area contributed by atoms with E-state index in [2.05, 4.69) is 18.9 Å². The van der Waals surface area contributed by atoms with E-state index in [1.54, 1.807) is 0 Å². The Kier molecular flexibility index (Phi) is 4.97.